The summed E-state index contributed by atoms with van der Waals surface area (Å²) >= 11 is 0. The monoisotopic (exact) mass is 206 g/mol. The maximum Gasteiger partial charge on any atom is 0.233 e. The van der Waals surface area contributed by atoms with Gasteiger partial charge in [-0.25, -0.2) is 4.99 Å². The van der Waals surface area contributed by atoms with Crippen LogP contribution in [0.2, 0.25) is 0 Å². The Bertz CT molecular complexity index is 341. The lowest BCUT2D eigenvalue weighted by Crippen LogP contribution is -2.19. The van der Waals surface area contributed by atoms with Gasteiger partial charge in [0.1, 0.15) is 0 Å². The number of nitrogens with two attached hydrogens (primary N) is 1. The highest BCUT2D eigenvalue weighted by molar-refractivity contribution is 6.40. The van der Waals surface area contributed by atoms with Crippen LogP contribution in [0.15, 0.2) is 33.9 Å². The first-order valence-electron chi connectivity index (χ1n) is 4.63. The molecule has 1 amide bonds. The summed E-state index contributed by atoms with van der Waals surface area (Å²) in [6.07, 6.45) is 8.41. The van der Waals surface area contributed by atoms with E-state index in [0.717, 1.165) is 12.0 Å². The van der Waals surface area contributed by atoms with Crippen molar-refractivity contribution in [1.82, 2.24) is 5.43 Å². The van der Waals surface area contributed by atoms with E-state index in [1.807, 2.05) is 18.2 Å². The molecule has 0 saturated carbocycles. The molecule has 1 rings (SSSR count). The lowest BCUT2D eigenvalue weighted by Gasteiger charge is -2.10. The minimum Gasteiger partial charge on any atom is -0.324 e. The van der Waals surface area contributed by atoms with Crippen molar-refractivity contribution < 1.29 is 4.79 Å². The molecule has 0 aromatic heterocycles. The minimum absolute atomic E-state index is 0.0486. The Hall–Kier alpha value is -1.75. The van der Waals surface area contributed by atoms with Crippen molar-refractivity contribution in [3.8, 4) is 0 Å². The molecule has 1 atom stereocenters. The molecule has 5 nitrogen and oxygen atoms in total. The number of hydrogen-bond acceptors (Lipinski definition) is 4. The average Bonchev–Trinajstić information content (AvgIpc) is 2.25. The first kappa shape index (κ1) is 11.3. The molecule has 80 valence electrons. The Kier molecular flexibility index (Phi) is 4.43. The molecule has 1 aliphatic rings. The number of hydrazone groups is 1. The number of aliphatic imine (C=N–C) groups is 1. The SMILES string of the molecule is CN/N=C\C(=N/C=O)C1=CCC(N)C=C1. The fourth-order valence-electron chi connectivity index (χ4n) is 1.19. The predicted octanol–water partition coefficient (Wildman–Crippen LogP) is 0.00260. The Balaban J connectivity index is 2.82. The number of hydrogen-bond donors (Lipinski definition) is 2. The van der Waals surface area contributed by atoms with Gasteiger partial charge in [0, 0.05) is 13.1 Å². The van der Waals surface area contributed by atoms with Crippen LogP contribution < -0.4 is 11.2 Å². The Morgan fingerprint density at radius 2 is 2.53 bits per heavy atom. The molecule has 5 heteroatoms. The summed E-state index contributed by atoms with van der Waals surface area (Å²) in [4.78, 5) is 14.0. The molecular weight excluding hydrogens is 192 g/mol. The summed E-state index contributed by atoms with van der Waals surface area (Å²) in [5.41, 5.74) is 9.68. The van der Waals surface area contributed by atoms with Crippen LogP contribution in [0.4, 0.5) is 0 Å². The van der Waals surface area contributed by atoms with Crippen LogP contribution in [0.5, 0.6) is 0 Å². The molecule has 0 aromatic rings. The van der Waals surface area contributed by atoms with E-state index in [1.54, 1.807) is 7.05 Å². The second-order valence-corrected chi connectivity index (χ2v) is 3.02. The van der Waals surface area contributed by atoms with Gasteiger partial charge in [0.05, 0.1) is 11.9 Å². The smallest absolute Gasteiger partial charge is 0.233 e. The van der Waals surface area contributed by atoms with Crippen molar-refractivity contribution in [1.29, 1.82) is 0 Å². The predicted molar refractivity (Wildman–Crippen MR) is 60.9 cm³/mol. The van der Waals surface area contributed by atoms with Crippen LogP contribution >= 0.6 is 0 Å². The quantitative estimate of drug-likeness (QED) is 0.386. The van der Waals surface area contributed by atoms with Gasteiger partial charge in [-0.15, -0.1) is 0 Å². The van der Waals surface area contributed by atoms with E-state index >= 15 is 0 Å². The molecule has 0 heterocycles. The van der Waals surface area contributed by atoms with Gasteiger partial charge in [0.25, 0.3) is 0 Å². The molecule has 0 spiro atoms. The van der Waals surface area contributed by atoms with Crippen molar-refractivity contribution in [2.75, 3.05) is 7.05 Å². The van der Waals surface area contributed by atoms with Crippen LogP contribution in [-0.2, 0) is 4.79 Å². The van der Waals surface area contributed by atoms with Gasteiger partial charge in [-0.2, -0.15) is 5.10 Å². The van der Waals surface area contributed by atoms with Gasteiger partial charge in [-0.3, -0.25) is 4.79 Å². The van der Waals surface area contributed by atoms with Crippen molar-refractivity contribution in [3.05, 3.63) is 23.8 Å². The maximum atomic E-state index is 10.3. The fraction of sp³-hybridized carbons (Fsp3) is 0.300. The van der Waals surface area contributed by atoms with Gasteiger partial charge >= 0.3 is 0 Å². The highest BCUT2D eigenvalue weighted by Crippen LogP contribution is 2.10. The third kappa shape index (κ3) is 3.47. The average molecular weight is 206 g/mol. The van der Waals surface area contributed by atoms with Gasteiger partial charge in [-0.05, 0) is 12.0 Å². The zero-order chi connectivity index (χ0) is 11.1. The third-order valence-electron chi connectivity index (χ3n) is 1.94. The normalized spacial score (nSPS) is 21.6. The van der Waals surface area contributed by atoms with Crippen molar-refractivity contribution in [2.24, 2.45) is 15.8 Å². The van der Waals surface area contributed by atoms with Gasteiger partial charge in [0.2, 0.25) is 6.41 Å². The van der Waals surface area contributed by atoms with Crippen molar-refractivity contribution in [2.45, 2.75) is 12.5 Å². The molecule has 0 saturated heterocycles. The Labute approximate surface area is 88.5 Å². The number of nitrogens with one attached hydrogen (secondary N) is 1. The van der Waals surface area contributed by atoms with Crippen LogP contribution in [0.3, 0.4) is 0 Å². The summed E-state index contributed by atoms with van der Waals surface area (Å²) in [6.45, 7) is 0. The molecule has 0 fully saturated rings. The van der Waals surface area contributed by atoms with Gasteiger partial charge in [0.15, 0.2) is 0 Å². The lowest BCUT2D eigenvalue weighted by atomic mass is 10.0. The van der Waals surface area contributed by atoms with Gasteiger partial charge < -0.3 is 11.2 Å². The second-order valence-electron chi connectivity index (χ2n) is 3.02. The summed E-state index contributed by atoms with van der Waals surface area (Å²) in [6, 6.07) is 0.0486. The first-order valence-corrected chi connectivity index (χ1v) is 4.63. The summed E-state index contributed by atoms with van der Waals surface area (Å²) in [7, 11) is 1.68. The van der Waals surface area contributed by atoms with Crippen LogP contribution in [-0.4, -0.2) is 31.4 Å². The maximum absolute atomic E-state index is 10.3. The van der Waals surface area contributed by atoms with Crippen molar-refractivity contribution >= 4 is 18.3 Å². The largest absolute Gasteiger partial charge is 0.324 e. The Morgan fingerprint density at radius 1 is 1.73 bits per heavy atom. The lowest BCUT2D eigenvalue weighted by molar-refractivity contribution is -0.106. The molecule has 0 radical (unpaired) electrons. The summed E-state index contributed by atoms with van der Waals surface area (Å²) in [5, 5.41) is 3.81. The topological polar surface area (TPSA) is 79.8 Å². The molecule has 15 heavy (non-hydrogen) atoms. The fourth-order valence-corrected chi connectivity index (χ4v) is 1.19. The van der Waals surface area contributed by atoms with Crippen LogP contribution in [0.25, 0.3) is 0 Å². The third-order valence-corrected chi connectivity index (χ3v) is 1.94. The molecule has 0 aromatic carbocycles. The second kappa shape index (κ2) is 5.87. The zero-order valence-electron chi connectivity index (χ0n) is 8.55. The first-order chi connectivity index (χ1) is 7.27. The van der Waals surface area contributed by atoms with Crippen molar-refractivity contribution in [3.63, 3.8) is 0 Å². The van der Waals surface area contributed by atoms with Crippen LogP contribution in [0.1, 0.15) is 6.42 Å². The molecule has 1 aliphatic carbocycles. The number of amides is 1. The standard InChI is InChI=1S/C10H14N4O/c1-12-14-6-10(13-7-15)8-2-4-9(11)5-3-8/h2-4,6-7,9,12H,5,11H2,1H3/b13-10+,14-6-. The van der Waals surface area contributed by atoms with E-state index in [4.69, 9.17) is 5.73 Å². The Morgan fingerprint density at radius 3 is 3.07 bits per heavy atom. The molecule has 3 N–H and O–H groups in total. The summed E-state index contributed by atoms with van der Waals surface area (Å²) < 4.78 is 0. The number of carbonyl (C=O) groups excluding carboxylic acids is 1. The molecule has 1 unspecified atom stereocenters. The number of rotatable bonds is 4. The van der Waals surface area contributed by atoms with E-state index in [0.29, 0.717) is 12.1 Å². The van der Waals surface area contributed by atoms with E-state index in [9.17, 15) is 4.79 Å². The van der Waals surface area contributed by atoms with E-state index < -0.39 is 0 Å². The molecule has 0 bridgehead atoms. The number of carbonyl (C=O) groups is 1. The van der Waals surface area contributed by atoms with E-state index in [2.05, 4.69) is 15.5 Å². The van der Waals surface area contributed by atoms with Gasteiger partial charge in [-0.1, -0.05) is 18.2 Å². The van der Waals surface area contributed by atoms with Crippen LogP contribution in [0, 0.1) is 0 Å². The molecular formula is C10H14N4O. The number of allylic oxidation sites excluding steroid dienone is 2. The molecule has 0 aliphatic heterocycles. The zero-order valence-corrected chi connectivity index (χ0v) is 8.55. The highest BCUT2D eigenvalue weighted by atomic mass is 16.1. The summed E-state index contributed by atoms with van der Waals surface area (Å²) in [5.74, 6) is 0. The van der Waals surface area contributed by atoms with E-state index in [1.165, 1.54) is 6.21 Å². The number of nitrogens with zero attached hydrogens (tertiary/aromatic N) is 2. The van der Waals surface area contributed by atoms with E-state index in [-0.39, 0.29) is 6.04 Å². The minimum atomic E-state index is 0.0486. The highest BCUT2D eigenvalue weighted by Gasteiger charge is 2.07.